The van der Waals surface area contributed by atoms with Crippen LogP contribution in [0.2, 0.25) is 0 Å². The number of aliphatic carboxylic acids is 1. The Hall–Kier alpha value is -3.71. The van der Waals surface area contributed by atoms with Gasteiger partial charge in [0, 0.05) is 0 Å². The molecule has 0 aliphatic heterocycles. The van der Waals surface area contributed by atoms with Gasteiger partial charge in [-0.3, -0.25) is 4.79 Å². The lowest BCUT2D eigenvalue weighted by molar-refractivity contribution is -0.137. The first-order valence-electron chi connectivity index (χ1n) is 10.3. The lowest BCUT2D eigenvalue weighted by Crippen LogP contribution is -2.04. The second kappa shape index (κ2) is 10.9. The minimum absolute atomic E-state index is 0.0122. The largest absolute Gasteiger partial charge is 0.494 e. The Labute approximate surface area is 183 Å². The van der Waals surface area contributed by atoms with Gasteiger partial charge in [0.2, 0.25) is 0 Å². The maximum absolute atomic E-state index is 11.0. The van der Waals surface area contributed by atoms with Crippen molar-refractivity contribution in [1.29, 1.82) is 0 Å². The van der Waals surface area contributed by atoms with Crippen molar-refractivity contribution in [1.82, 2.24) is 0 Å². The van der Waals surface area contributed by atoms with Gasteiger partial charge in [-0.2, -0.15) is 0 Å². The number of carbonyl (C=O) groups is 1. The molecule has 4 heteroatoms. The topological polar surface area (TPSA) is 55.8 Å². The fourth-order valence-corrected chi connectivity index (χ4v) is 3.27. The predicted octanol–water partition coefficient (Wildman–Crippen LogP) is 5.91. The summed E-state index contributed by atoms with van der Waals surface area (Å²) in [7, 11) is 0. The highest BCUT2D eigenvalue weighted by molar-refractivity contribution is 5.69. The normalized spacial score (nSPS) is 11.2. The molecule has 0 aromatic heterocycles. The van der Waals surface area contributed by atoms with E-state index in [1.165, 1.54) is 0 Å². The third kappa shape index (κ3) is 6.38. The number of hydrogen-bond donors (Lipinski definition) is 1. The molecule has 3 rings (SSSR count). The highest BCUT2D eigenvalue weighted by atomic mass is 16.5. The number of rotatable bonds is 9. The Kier molecular flexibility index (Phi) is 7.73. The monoisotopic (exact) mass is 414 g/mol. The molecule has 0 aliphatic rings. The molecule has 0 bridgehead atoms. The number of carboxylic acid groups (broad SMARTS) is 1. The van der Waals surface area contributed by atoms with E-state index in [0.29, 0.717) is 13.2 Å². The summed E-state index contributed by atoms with van der Waals surface area (Å²) in [5, 5.41) is 9.06. The van der Waals surface area contributed by atoms with Crippen molar-refractivity contribution < 1.29 is 19.4 Å². The Balaban J connectivity index is 1.59. The summed E-state index contributed by atoms with van der Waals surface area (Å²) in [4.78, 5) is 11.0. The van der Waals surface area contributed by atoms with E-state index in [1.807, 2.05) is 43.3 Å². The van der Waals surface area contributed by atoms with Crippen molar-refractivity contribution in [2.75, 3.05) is 6.61 Å². The number of hydrogen-bond acceptors (Lipinski definition) is 3. The Bertz CT molecular complexity index is 1040. The van der Waals surface area contributed by atoms with Crippen LogP contribution in [0.15, 0.2) is 72.8 Å². The maximum atomic E-state index is 11.0. The molecule has 0 aliphatic carbocycles. The van der Waals surface area contributed by atoms with Crippen LogP contribution in [0.1, 0.15) is 37.3 Å². The SMILES string of the molecule is CC#CC(CC(=O)O)c1ccc(OCc2ccc(-c3ccc(OCC)cc3)cc2)cc1. The molecule has 3 aromatic carbocycles. The van der Waals surface area contributed by atoms with Crippen LogP contribution in [0, 0.1) is 11.8 Å². The minimum Gasteiger partial charge on any atom is -0.494 e. The van der Waals surface area contributed by atoms with Crippen LogP contribution in [-0.2, 0) is 11.4 Å². The van der Waals surface area contributed by atoms with Gasteiger partial charge >= 0.3 is 5.97 Å². The van der Waals surface area contributed by atoms with Gasteiger partial charge in [-0.25, -0.2) is 0 Å². The molecule has 1 atom stereocenters. The minimum atomic E-state index is -0.859. The summed E-state index contributed by atoms with van der Waals surface area (Å²) in [5.41, 5.74) is 4.22. The number of benzene rings is 3. The zero-order valence-electron chi connectivity index (χ0n) is 17.8. The van der Waals surface area contributed by atoms with Crippen molar-refractivity contribution in [2.45, 2.75) is 32.8 Å². The van der Waals surface area contributed by atoms with Crippen LogP contribution in [0.3, 0.4) is 0 Å². The standard InChI is InChI=1S/C27H26O4/c1-3-5-24(18-27(28)29)23-12-16-26(17-13-23)31-19-20-6-8-21(9-7-20)22-10-14-25(15-11-22)30-4-2/h6-17,24H,4,18-19H2,1-2H3,(H,28,29). The average molecular weight is 415 g/mol. The predicted molar refractivity (Wildman–Crippen MR) is 122 cm³/mol. The Morgan fingerprint density at radius 3 is 1.97 bits per heavy atom. The van der Waals surface area contributed by atoms with Gasteiger partial charge < -0.3 is 14.6 Å². The first-order valence-corrected chi connectivity index (χ1v) is 10.3. The van der Waals surface area contributed by atoms with Crippen molar-refractivity contribution in [3.05, 3.63) is 83.9 Å². The summed E-state index contributed by atoms with van der Waals surface area (Å²) >= 11 is 0. The zero-order chi connectivity index (χ0) is 22.1. The molecule has 31 heavy (non-hydrogen) atoms. The van der Waals surface area contributed by atoms with E-state index >= 15 is 0 Å². The van der Waals surface area contributed by atoms with E-state index < -0.39 is 5.97 Å². The Morgan fingerprint density at radius 2 is 1.42 bits per heavy atom. The second-order valence-electron chi connectivity index (χ2n) is 7.06. The molecule has 0 radical (unpaired) electrons. The molecule has 0 saturated carbocycles. The third-order valence-corrected chi connectivity index (χ3v) is 4.84. The number of ether oxygens (including phenoxy) is 2. The molecule has 0 spiro atoms. The summed E-state index contributed by atoms with van der Waals surface area (Å²) in [5.74, 6) is 6.20. The lowest BCUT2D eigenvalue weighted by Gasteiger charge is -2.11. The quantitative estimate of drug-likeness (QED) is 0.442. The van der Waals surface area contributed by atoms with Gasteiger partial charge in [0.25, 0.3) is 0 Å². The molecule has 158 valence electrons. The summed E-state index contributed by atoms with van der Waals surface area (Å²) < 4.78 is 11.4. The van der Waals surface area contributed by atoms with Gasteiger partial charge in [0.15, 0.2) is 0 Å². The van der Waals surface area contributed by atoms with E-state index in [-0.39, 0.29) is 12.3 Å². The highest BCUT2D eigenvalue weighted by Gasteiger charge is 2.13. The summed E-state index contributed by atoms with van der Waals surface area (Å²) in [6.07, 6.45) is -0.0122. The van der Waals surface area contributed by atoms with E-state index in [4.69, 9.17) is 14.6 Å². The van der Waals surface area contributed by atoms with Crippen LogP contribution < -0.4 is 9.47 Å². The summed E-state index contributed by atoms with van der Waals surface area (Å²) in [6.45, 7) is 4.80. The molecule has 0 amide bonds. The van der Waals surface area contributed by atoms with Gasteiger partial charge in [-0.05, 0) is 60.4 Å². The van der Waals surface area contributed by atoms with Gasteiger partial charge in [-0.15, -0.1) is 5.92 Å². The van der Waals surface area contributed by atoms with Gasteiger partial charge in [0.05, 0.1) is 18.9 Å². The van der Waals surface area contributed by atoms with Crippen LogP contribution in [0.4, 0.5) is 0 Å². The van der Waals surface area contributed by atoms with E-state index in [2.05, 4.69) is 48.2 Å². The van der Waals surface area contributed by atoms with Gasteiger partial charge in [-0.1, -0.05) is 54.5 Å². The molecule has 0 saturated heterocycles. The third-order valence-electron chi connectivity index (χ3n) is 4.84. The molecule has 4 nitrogen and oxygen atoms in total. The molecule has 1 unspecified atom stereocenters. The van der Waals surface area contributed by atoms with Crippen LogP contribution >= 0.6 is 0 Å². The average Bonchev–Trinajstić information content (AvgIpc) is 2.79. The Morgan fingerprint density at radius 1 is 0.871 bits per heavy atom. The molecule has 1 N–H and O–H groups in total. The molecule has 3 aromatic rings. The fourth-order valence-electron chi connectivity index (χ4n) is 3.27. The van der Waals surface area contributed by atoms with Crippen LogP contribution in [0.5, 0.6) is 11.5 Å². The van der Waals surface area contributed by atoms with Crippen molar-refractivity contribution in [3.63, 3.8) is 0 Å². The molecule has 0 fully saturated rings. The zero-order valence-corrected chi connectivity index (χ0v) is 17.8. The van der Waals surface area contributed by atoms with E-state index in [9.17, 15) is 4.79 Å². The molecular formula is C27H26O4. The van der Waals surface area contributed by atoms with Crippen LogP contribution in [-0.4, -0.2) is 17.7 Å². The lowest BCUT2D eigenvalue weighted by atomic mass is 9.96. The molecule has 0 heterocycles. The van der Waals surface area contributed by atoms with Crippen molar-refractivity contribution in [2.24, 2.45) is 0 Å². The first-order chi connectivity index (χ1) is 15.1. The number of carboxylic acids is 1. The van der Waals surface area contributed by atoms with Gasteiger partial charge in [0.1, 0.15) is 18.1 Å². The maximum Gasteiger partial charge on any atom is 0.304 e. The molecular weight excluding hydrogens is 388 g/mol. The second-order valence-corrected chi connectivity index (χ2v) is 7.06. The van der Waals surface area contributed by atoms with E-state index in [1.54, 1.807) is 6.92 Å². The first kappa shape index (κ1) is 22.0. The van der Waals surface area contributed by atoms with Crippen molar-refractivity contribution in [3.8, 4) is 34.5 Å². The van der Waals surface area contributed by atoms with Crippen LogP contribution in [0.25, 0.3) is 11.1 Å². The van der Waals surface area contributed by atoms with Crippen molar-refractivity contribution >= 4 is 5.97 Å². The highest BCUT2D eigenvalue weighted by Crippen LogP contribution is 2.25. The fraction of sp³-hybridized carbons (Fsp3) is 0.222. The van der Waals surface area contributed by atoms with E-state index in [0.717, 1.165) is 33.8 Å². The smallest absolute Gasteiger partial charge is 0.304 e. The summed E-state index contributed by atoms with van der Waals surface area (Å²) in [6, 6.07) is 23.8.